The number of alkyl halides is 4. The predicted octanol–water partition coefficient (Wildman–Crippen LogP) is 1.49. The van der Waals surface area contributed by atoms with E-state index in [2.05, 4.69) is 15.5 Å². The molecule has 5 N–H and O–H groups in total. The number of carbonyl (C=O) groups excluding carboxylic acids is 1. The second kappa shape index (κ2) is 11.2. The van der Waals surface area contributed by atoms with E-state index in [1.54, 1.807) is 10.3 Å². The van der Waals surface area contributed by atoms with Crippen LogP contribution in [-0.2, 0) is 19.2 Å². The van der Waals surface area contributed by atoms with E-state index in [1.165, 1.54) is 18.4 Å². The Bertz CT molecular complexity index is 1060. The number of hydrogen-bond donors (Lipinski definition) is 4. The number of thioether (sulfide) groups is 1. The topological polar surface area (TPSA) is 167 Å². The van der Waals surface area contributed by atoms with E-state index in [0.29, 0.717) is 26.5 Å². The molecule has 0 aliphatic carbocycles. The van der Waals surface area contributed by atoms with Gasteiger partial charge in [0.15, 0.2) is 10.8 Å². The third-order valence-electron chi connectivity index (χ3n) is 4.17. The Morgan fingerprint density at radius 2 is 2.06 bits per heavy atom. The number of nitrogens with one attached hydrogen (secondary N) is 1. The van der Waals surface area contributed by atoms with Gasteiger partial charge in [0.2, 0.25) is 0 Å². The zero-order chi connectivity index (χ0) is 25.8. The molecule has 2 unspecified atom stereocenters. The first-order valence-electron chi connectivity index (χ1n) is 8.76. The van der Waals surface area contributed by atoms with Crippen LogP contribution in [0.4, 0.5) is 18.3 Å². The molecule has 0 saturated carbocycles. The van der Waals surface area contributed by atoms with Gasteiger partial charge in [0, 0.05) is 16.8 Å². The minimum absolute atomic E-state index is 0.0197. The molecule has 0 bridgehead atoms. The standard InChI is InChI=1S/C14H14ClN5O4S3.C2HF3O2/c1-24-19-8(6-4-26-14(16)18-6)11(21)17-5-3-20-9(5)13(25)27-7(2-15)10(20)12(22)23;3-2(4,5)1(6)7/h4-5,9H,2-3H2,1H3,(H2,16,18)(H,17,21)(H,22,23);(H,6,7). The van der Waals surface area contributed by atoms with Gasteiger partial charge in [-0.2, -0.15) is 13.2 Å². The highest BCUT2D eigenvalue weighted by Gasteiger charge is 2.49. The highest BCUT2D eigenvalue weighted by molar-refractivity contribution is 8.25. The molecule has 1 aromatic heterocycles. The van der Waals surface area contributed by atoms with Crippen molar-refractivity contribution in [2.45, 2.75) is 18.3 Å². The molecule has 1 amide bonds. The van der Waals surface area contributed by atoms with Crippen molar-refractivity contribution in [3.8, 4) is 0 Å². The van der Waals surface area contributed by atoms with Crippen LogP contribution in [0.15, 0.2) is 21.1 Å². The molecule has 2 aliphatic rings. The number of halogens is 4. The molecule has 1 saturated heterocycles. The third kappa shape index (κ3) is 6.28. The van der Waals surface area contributed by atoms with Crippen molar-refractivity contribution in [2.75, 3.05) is 25.3 Å². The minimum atomic E-state index is -5.08. The number of carboxylic acids is 2. The van der Waals surface area contributed by atoms with Crippen molar-refractivity contribution >= 4 is 79.8 Å². The fourth-order valence-corrected chi connectivity index (χ4v) is 5.25. The van der Waals surface area contributed by atoms with Crippen molar-refractivity contribution in [1.29, 1.82) is 0 Å². The number of fused-ring (bicyclic) bond motifs is 1. The molecule has 1 aromatic rings. The van der Waals surface area contributed by atoms with Crippen molar-refractivity contribution < 1.29 is 42.6 Å². The lowest BCUT2D eigenvalue weighted by atomic mass is 9.95. The Hall–Kier alpha value is -2.63. The highest BCUT2D eigenvalue weighted by atomic mass is 35.5. The number of aliphatic carboxylic acids is 2. The van der Waals surface area contributed by atoms with Gasteiger partial charge in [-0.15, -0.1) is 22.9 Å². The van der Waals surface area contributed by atoms with E-state index < -0.39 is 30.1 Å². The van der Waals surface area contributed by atoms with Crippen LogP contribution in [0.25, 0.3) is 0 Å². The van der Waals surface area contributed by atoms with E-state index in [-0.39, 0.29) is 23.3 Å². The molecule has 0 radical (unpaired) electrons. The number of aromatic nitrogens is 1. The van der Waals surface area contributed by atoms with Gasteiger partial charge in [0.25, 0.3) is 5.91 Å². The number of thiocarbonyl (C=S) groups is 1. The van der Waals surface area contributed by atoms with E-state index in [4.69, 9.17) is 44.3 Å². The fraction of sp³-hybridized carbons (Fsp3) is 0.375. The number of carboxylic acid groups (broad SMARTS) is 2. The lowest BCUT2D eigenvalue weighted by molar-refractivity contribution is -0.192. The molecule has 2 aliphatic heterocycles. The lowest BCUT2D eigenvalue weighted by Gasteiger charge is -2.52. The summed E-state index contributed by atoms with van der Waals surface area (Å²) in [5, 5.41) is 25.0. The van der Waals surface area contributed by atoms with Crippen molar-refractivity contribution in [3.63, 3.8) is 0 Å². The number of oxime groups is 1. The monoisotopic (exact) mass is 561 g/mol. The third-order valence-corrected chi connectivity index (χ3v) is 6.79. The molecule has 0 aromatic carbocycles. The largest absolute Gasteiger partial charge is 0.490 e. The zero-order valence-corrected chi connectivity index (χ0v) is 20.0. The van der Waals surface area contributed by atoms with Gasteiger partial charge >= 0.3 is 18.1 Å². The van der Waals surface area contributed by atoms with Gasteiger partial charge in [-0.25, -0.2) is 14.6 Å². The number of nitrogens with zero attached hydrogens (tertiary/aromatic N) is 3. The van der Waals surface area contributed by atoms with Crippen LogP contribution in [0, 0.1) is 0 Å². The van der Waals surface area contributed by atoms with Crippen LogP contribution in [-0.4, -0.2) is 85.6 Å². The second-order valence-corrected chi connectivity index (χ2v) is 9.30. The van der Waals surface area contributed by atoms with Crippen LogP contribution >= 0.6 is 46.9 Å². The number of anilines is 1. The molecule has 3 heterocycles. The summed E-state index contributed by atoms with van der Waals surface area (Å²) in [7, 11) is 1.32. The van der Waals surface area contributed by atoms with Gasteiger partial charge in [0.05, 0.1) is 22.2 Å². The van der Waals surface area contributed by atoms with Crippen LogP contribution in [0.2, 0.25) is 0 Å². The van der Waals surface area contributed by atoms with Crippen LogP contribution in [0.1, 0.15) is 5.69 Å². The van der Waals surface area contributed by atoms with Crippen molar-refractivity contribution in [1.82, 2.24) is 15.2 Å². The average Bonchev–Trinajstić information content (AvgIpc) is 3.14. The maximum atomic E-state index is 12.6. The number of rotatable bonds is 6. The number of thiazole rings is 1. The van der Waals surface area contributed by atoms with Crippen LogP contribution in [0.5, 0.6) is 0 Å². The number of nitrogens with two attached hydrogens (primary N) is 1. The molecule has 34 heavy (non-hydrogen) atoms. The number of nitrogen functional groups attached to an aromatic ring is 1. The highest BCUT2D eigenvalue weighted by Crippen LogP contribution is 2.40. The van der Waals surface area contributed by atoms with Crippen LogP contribution in [0.3, 0.4) is 0 Å². The summed E-state index contributed by atoms with van der Waals surface area (Å²) < 4.78 is 32.3. The summed E-state index contributed by atoms with van der Waals surface area (Å²) in [6, 6.07) is -0.793. The molecule has 186 valence electrons. The number of carbonyl (C=O) groups is 3. The Labute approximate surface area is 207 Å². The van der Waals surface area contributed by atoms with Crippen molar-refractivity contribution in [2.24, 2.45) is 5.16 Å². The van der Waals surface area contributed by atoms with E-state index in [1.807, 2.05) is 0 Å². The minimum Gasteiger partial charge on any atom is -0.477 e. The quantitative estimate of drug-likeness (QED) is 0.172. The molecule has 11 nitrogen and oxygen atoms in total. The summed E-state index contributed by atoms with van der Waals surface area (Å²) in [5.41, 5.74) is 6.01. The predicted molar refractivity (Wildman–Crippen MR) is 122 cm³/mol. The maximum absolute atomic E-state index is 12.6. The number of amides is 1. The summed E-state index contributed by atoms with van der Waals surface area (Å²) in [6.45, 7) is 0.290. The maximum Gasteiger partial charge on any atom is 0.490 e. The van der Waals surface area contributed by atoms with Crippen molar-refractivity contribution in [3.05, 3.63) is 21.7 Å². The van der Waals surface area contributed by atoms with Gasteiger partial charge in [-0.05, 0) is 0 Å². The van der Waals surface area contributed by atoms with Gasteiger partial charge in [-0.1, -0.05) is 29.1 Å². The first-order chi connectivity index (χ1) is 15.8. The summed E-state index contributed by atoms with van der Waals surface area (Å²) >= 11 is 13.6. The Morgan fingerprint density at radius 3 is 2.50 bits per heavy atom. The van der Waals surface area contributed by atoms with Crippen LogP contribution < -0.4 is 11.1 Å². The average molecular weight is 562 g/mol. The molecular weight excluding hydrogens is 547 g/mol. The fourth-order valence-electron chi connectivity index (χ4n) is 2.80. The van der Waals surface area contributed by atoms with Gasteiger partial charge in [-0.3, -0.25) is 4.79 Å². The molecule has 18 heteroatoms. The summed E-state index contributed by atoms with van der Waals surface area (Å²) in [4.78, 5) is 44.0. The summed E-state index contributed by atoms with van der Waals surface area (Å²) in [6.07, 6.45) is -5.08. The Kier molecular flexibility index (Phi) is 9.09. The number of hydrogen-bond acceptors (Lipinski definition) is 11. The van der Waals surface area contributed by atoms with Gasteiger partial charge < -0.3 is 31.0 Å². The zero-order valence-electron chi connectivity index (χ0n) is 16.8. The smallest absolute Gasteiger partial charge is 0.477 e. The Balaban J connectivity index is 0.000000509. The molecular formula is C16H15ClF3N5O6S3. The van der Waals surface area contributed by atoms with E-state index >= 15 is 0 Å². The Morgan fingerprint density at radius 1 is 1.44 bits per heavy atom. The normalized spacial score (nSPS) is 20.0. The summed E-state index contributed by atoms with van der Waals surface area (Å²) in [5.74, 6) is -4.28. The van der Waals surface area contributed by atoms with Gasteiger partial charge in [0.1, 0.15) is 18.5 Å². The first-order valence-corrected chi connectivity index (χ1v) is 11.4. The molecule has 0 spiro atoms. The second-order valence-electron chi connectivity index (χ2n) is 6.31. The molecule has 1 fully saturated rings. The number of allylic oxidation sites excluding steroid dienone is 1. The van der Waals surface area contributed by atoms with E-state index in [0.717, 1.165) is 11.8 Å². The first kappa shape index (κ1) is 27.6. The molecule has 2 atom stereocenters. The SMILES string of the molecule is CON=C(C(=O)NC1CN2C(C(=O)O)=C(CCl)SC(=S)C12)c1csc(N)n1.O=C(O)C(F)(F)F. The molecule has 3 rings (SSSR count). The van der Waals surface area contributed by atoms with E-state index in [9.17, 15) is 27.9 Å². The lowest BCUT2D eigenvalue weighted by Crippen LogP contribution is -2.70.